The van der Waals surface area contributed by atoms with Gasteiger partial charge in [0.1, 0.15) is 12.4 Å². The molecular formula is C28H28N2O5S2. The van der Waals surface area contributed by atoms with Gasteiger partial charge in [-0.2, -0.15) is 8.42 Å². The third kappa shape index (κ3) is 6.36. The molecule has 0 saturated heterocycles. The number of carboxylic acid groups (broad SMARTS) is 1. The van der Waals surface area contributed by atoms with Crippen molar-refractivity contribution in [2.75, 3.05) is 10.8 Å². The molecule has 192 valence electrons. The maximum Gasteiger partial charge on any atom is 0.328 e. The van der Waals surface area contributed by atoms with E-state index >= 15 is 0 Å². The van der Waals surface area contributed by atoms with Gasteiger partial charge in [0.05, 0.1) is 5.69 Å². The van der Waals surface area contributed by atoms with Gasteiger partial charge in [-0.3, -0.25) is 4.31 Å². The van der Waals surface area contributed by atoms with Gasteiger partial charge in [0.15, 0.2) is 0 Å². The summed E-state index contributed by atoms with van der Waals surface area (Å²) in [4.78, 5) is 15.0. The van der Waals surface area contributed by atoms with Gasteiger partial charge < -0.3 is 9.84 Å². The number of hydrogen-bond acceptors (Lipinski definition) is 6. The number of anilines is 1. The van der Waals surface area contributed by atoms with Gasteiger partial charge in [-0.15, -0.1) is 11.3 Å². The monoisotopic (exact) mass is 536 g/mol. The van der Waals surface area contributed by atoms with E-state index in [0.29, 0.717) is 17.1 Å². The first-order valence-corrected chi connectivity index (χ1v) is 14.1. The van der Waals surface area contributed by atoms with Gasteiger partial charge in [0, 0.05) is 23.7 Å². The lowest BCUT2D eigenvalue weighted by atomic mass is 10.1. The molecular weight excluding hydrogens is 508 g/mol. The van der Waals surface area contributed by atoms with Gasteiger partial charge in [-0.05, 0) is 52.9 Å². The molecule has 37 heavy (non-hydrogen) atoms. The second kappa shape index (κ2) is 11.1. The summed E-state index contributed by atoms with van der Waals surface area (Å²) in [6, 6.07) is 18.8. The van der Waals surface area contributed by atoms with Crippen molar-refractivity contribution in [3.8, 4) is 5.75 Å². The van der Waals surface area contributed by atoms with Crippen LogP contribution in [0.3, 0.4) is 0 Å². The Kier molecular flexibility index (Phi) is 7.94. The third-order valence-corrected chi connectivity index (χ3v) is 8.66. The fourth-order valence-corrected chi connectivity index (χ4v) is 6.54. The lowest BCUT2D eigenvalue weighted by Crippen LogP contribution is -2.34. The summed E-state index contributed by atoms with van der Waals surface area (Å²) in [6.45, 7) is 6.19. The molecule has 0 aliphatic heterocycles. The molecule has 0 fully saturated rings. The highest BCUT2D eigenvalue weighted by atomic mass is 32.2. The highest BCUT2D eigenvalue weighted by molar-refractivity contribution is 7.94. The Balaban J connectivity index is 1.73. The molecule has 0 atom stereocenters. The molecule has 9 heteroatoms. The highest BCUT2D eigenvalue weighted by Crippen LogP contribution is 2.38. The zero-order valence-electron chi connectivity index (χ0n) is 20.8. The third-order valence-electron chi connectivity index (χ3n) is 5.53. The van der Waals surface area contributed by atoms with Crippen LogP contribution in [0.1, 0.15) is 30.7 Å². The number of thiazole rings is 1. The Hall–Kier alpha value is -3.69. The number of rotatable bonds is 10. The van der Waals surface area contributed by atoms with Crippen LogP contribution in [0.2, 0.25) is 0 Å². The minimum atomic E-state index is -3.92. The molecule has 0 saturated carbocycles. The van der Waals surface area contributed by atoms with Crippen LogP contribution in [0.15, 0.2) is 76.5 Å². The predicted octanol–water partition coefficient (Wildman–Crippen LogP) is 6.13. The standard InChI is InChI=1S/C28H28N2O5S2/c1-19(2)16-30(37(33,34)28-29-20(3)18-36-28)25-14-23-6-4-5-7-24(23)15-26(25)35-17-22-10-8-21(9-11-22)12-13-27(31)32/h4-15,18-19H,16-17H2,1-3H3,(H,31,32)/b13-12+. The Bertz CT molecular complexity index is 1540. The largest absolute Gasteiger partial charge is 0.487 e. The Morgan fingerprint density at radius 1 is 1.11 bits per heavy atom. The zero-order valence-corrected chi connectivity index (χ0v) is 22.4. The van der Waals surface area contributed by atoms with Crippen molar-refractivity contribution in [1.29, 1.82) is 0 Å². The number of carbonyl (C=O) groups is 1. The minimum Gasteiger partial charge on any atom is -0.487 e. The summed E-state index contributed by atoms with van der Waals surface area (Å²) in [6.07, 6.45) is 2.60. The van der Waals surface area contributed by atoms with E-state index in [-0.39, 0.29) is 23.4 Å². The van der Waals surface area contributed by atoms with Gasteiger partial charge >= 0.3 is 5.97 Å². The van der Waals surface area contributed by atoms with Gasteiger partial charge in [0.2, 0.25) is 4.34 Å². The lowest BCUT2D eigenvalue weighted by molar-refractivity contribution is -0.131. The van der Waals surface area contributed by atoms with Crippen molar-refractivity contribution < 1.29 is 23.1 Å². The maximum atomic E-state index is 13.8. The van der Waals surface area contributed by atoms with Crippen molar-refractivity contribution in [2.45, 2.75) is 31.7 Å². The molecule has 0 radical (unpaired) electrons. The molecule has 7 nitrogen and oxygen atoms in total. The van der Waals surface area contributed by atoms with E-state index in [9.17, 15) is 13.2 Å². The number of benzene rings is 3. The topological polar surface area (TPSA) is 96.8 Å². The molecule has 1 aromatic heterocycles. The smallest absolute Gasteiger partial charge is 0.328 e. The molecule has 1 N–H and O–H groups in total. The van der Waals surface area contributed by atoms with Crippen molar-refractivity contribution in [1.82, 2.24) is 4.98 Å². The van der Waals surface area contributed by atoms with Crippen molar-refractivity contribution in [3.05, 3.63) is 88.9 Å². The molecule has 0 amide bonds. The van der Waals surface area contributed by atoms with Crippen LogP contribution in [-0.4, -0.2) is 31.0 Å². The van der Waals surface area contributed by atoms with E-state index in [1.54, 1.807) is 24.4 Å². The van der Waals surface area contributed by atoms with Gasteiger partial charge in [-0.25, -0.2) is 9.78 Å². The molecule has 0 aliphatic rings. The van der Waals surface area contributed by atoms with Crippen LogP contribution in [0.25, 0.3) is 16.8 Å². The highest BCUT2D eigenvalue weighted by Gasteiger charge is 2.31. The number of aromatic nitrogens is 1. The molecule has 3 aromatic carbocycles. The molecule has 1 heterocycles. The lowest BCUT2D eigenvalue weighted by Gasteiger charge is -2.27. The Morgan fingerprint density at radius 3 is 2.38 bits per heavy atom. The number of hydrogen-bond donors (Lipinski definition) is 1. The van der Waals surface area contributed by atoms with Crippen molar-refractivity contribution >= 4 is 49.9 Å². The van der Waals surface area contributed by atoms with Crippen LogP contribution in [-0.2, 0) is 21.4 Å². The van der Waals surface area contributed by atoms with Crippen LogP contribution in [0, 0.1) is 12.8 Å². The van der Waals surface area contributed by atoms with Crippen molar-refractivity contribution in [2.24, 2.45) is 5.92 Å². The predicted molar refractivity (Wildman–Crippen MR) is 148 cm³/mol. The van der Waals surface area contributed by atoms with E-state index in [1.165, 1.54) is 10.4 Å². The first-order valence-electron chi connectivity index (χ1n) is 11.7. The quantitative estimate of drug-likeness (QED) is 0.245. The van der Waals surface area contributed by atoms with Crippen LogP contribution < -0.4 is 9.04 Å². The molecule has 4 rings (SSSR count). The van der Waals surface area contributed by atoms with E-state index < -0.39 is 16.0 Å². The van der Waals surface area contributed by atoms with Crippen LogP contribution in [0.4, 0.5) is 5.69 Å². The summed E-state index contributed by atoms with van der Waals surface area (Å²) in [5, 5.41) is 12.4. The molecule has 0 aliphatic carbocycles. The van der Waals surface area contributed by atoms with E-state index in [4.69, 9.17) is 9.84 Å². The summed E-state index contributed by atoms with van der Waals surface area (Å²) < 4.78 is 35.2. The summed E-state index contributed by atoms with van der Waals surface area (Å²) in [7, 11) is -3.92. The number of fused-ring (bicyclic) bond motifs is 1. The SMILES string of the molecule is Cc1csc(S(=O)(=O)N(CC(C)C)c2cc3ccccc3cc2OCc2ccc(/C=C/C(=O)O)cc2)n1. The maximum absolute atomic E-state index is 13.8. The second-order valence-corrected chi connectivity index (χ2v) is 11.9. The number of aliphatic carboxylic acids is 1. The number of ether oxygens (including phenoxy) is 1. The molecule has 0 unspecified atom stereocenters. The van der Waals surface area contributed by atoms with E-state index in [0.717, 1.165) is 39.3 Å². The average Bonchev–Trinajstić information content (AvgIpc) is 3.32. The molecule has 0 spiro atoms. The van der Waals surface area contributed by atoms with Gasteiger partial charge in [-0.1, -0.05) is 62.4 Å². The van der Waals surface area contributed by atoms with Gasteiger partial charge in [0.25, 0.3) is 10.0 Å². The Labute approximate surface area is 220 Å². The van der Waals surface area contributed by atoms with E-state index in [2.05, 4.69) is 4.98 Å². The normalized spacial score (nSPS) is 11.9. The average molecular weight is 537 g/mol. The fraction of sp³-hybridized carbons (Fsp3) is 0.214. The summed E-state index contributed by atoms with van der Waals surface area (Å²) >= 11 is 1.11. The number of nitrogens with zero attached hydrogens (tertiary/aromatic N) is 2. The first kappa shape index (κ1) is 26.4. The van der Waals surface area contributed by atoms with Crippen LogP contribution in [0.5, 0.6) is 5.75 Å². The molecule has 0 bridgehead atoms. The fourth-order valence-electron chi connectivity index (χ4n) is 3.77. The first-order chi connectivity index (χ1) is 17.6. The number of aryl methyl sites for hydroxylation is 1. The Morgan fingerprint density at radius 2 is 1.78 bits per heavy atom. The summed E-state index contributed by atoms with van der Waals surface area (Å²) in [5.41, 5.74) is 2.73. The summed E-state index contributed by atoms with van der Waals surface area (Å²) in [5.74, 6) is -0.502. The zero-order chi connectivity index (χ0) is 26.6. The molecule has 4 aromatic rings. The second-order valence-electron chi connectivity index (χ2n) is 9.05. The number of carboxylic acids is 1. The minimum absolute atomic E-state index is 0.0507. The number of sulfonamides is 1. The van der Waals surface area contributed by atoms with E-state index in [1.807, 2.05) is 62.4 Å². The van der Waals surface area contributed by atoms with Crippen molar-refractivity contribution in [3.63, 3.8) is 0 Å². The van der Waals surface area contributed by atoms with Crippen LogP contribution >= 0.6 is 11.3 Å².